The summed E-state index contributed by atoms with van der Waals surface area (Å²) in [5.41, 5.74) is 0.569. The maximum Gasteiger partial charge on any atom is 0.233 e. The van der Waals surface area contributed by atoms with Gasteiger partial charge in [0.1, 0.15) is 0 Å². The predicted molar refractivity (Wildman–Crippen MR) is 104 cm³/mol. The fraction of sp³-hybridized carbons (Fsp3) is 0.500. The molecule has 1 aromatic carbocycles. The summed E-state index contributed by atoms with van der Waals surface area (Å²) >= 11 is 7.77. The van der Waals surface area contributed by atoms with Crippen LogP contribution < -0.4 is 0 Å². The van der Waals surface area contributed by atoms with Crippen LogP contribution in [-0.2, 0) is 14.9 Å². The van der Waals surface area contributed by atoms with Crippen LogP contribution in [0.1, 0.15) is 42.2 Å². The van der Waals surface area contributed by atoms with Gasteiger partial charge in [0.2, 0.25) is 5.91 Å². The molecule has 1 unspecified atom stereocenters. The number of ether oxygens (including phenoxy) is 1. The molecule has 1 atom stereocenters. The van der Waals surface area contributed by atoms with Crippen LogP contribution in [0.5, 0.6) is 0 Å². The summed E-state index contributed by atoms with van der Waals surface area (Å²) in [6.45, 7) is 2.84. The summed E-state index contributed by atoms with van der Waals surface area (Å²) in [4.78, 5) is 20.2. The van der Waals surface area contributed by atoms with E-state index < -0.39 is 5.41 Å². The van der Waals surface area contributed by atoms with Gasteiger partial charge in [-0.15, -0.1) is 11.3 Å². The fourth-order valence-electron chi connectivity index (χ4n) is 4.22. The molecule has 0 bridgehead atoms. The van der Waals surface area contributed by atoms with Gasteiger partial charge in [-0.2, -0.15) is 0 Å². The van der Waals surface area contributed by atoms with E-state index in [1.54, 1.807) is 11.3 Å². The van der Waals surface area contributed by atoms with Gasteiger partial charge in [-0.1, -0.05) is 23.7 Å². The SMILES string of the molecule is O=C(N1CCCC(c2nccs2)C1)C1(c2ccc(Cl)cc2)CCOCC1. The number of benzene rings is 1. The number of hydrogen-bond donors (Lipinski definition) is 0. The Hall–Kier alpha value is -1.43. The highest BCUT2D eigenvalue weighted by Crippen LogP contribution is 2.39. The molecule has 2 aliphatic rings. The third kappa shape index (κ3) is 3.40. The van der Waals surface area contributed by atoms with Crippen molar-refractivity contribution in [2.45, 2.75) is 37.0 Å². The van der Waals surface area contributed by atoms with E-state index >= 15 is 0 Å². The van der Waals surface area contributed by atoms with Gasteiger partial charge in [0, 0.05) is 48.8 Å². The van der Waals surface area contributed by atoms with Crippen molar-refractivity contribution in [2.75, 3.05) is 26.3 Å². The Balaban J connectivity index is 1.61. The summed E-state index contributed by atoms with van der Waals surface area (Å²) in [5.74, 6) is 0.596. The lowest BCUT2D eigenvalue weighted by Gasteiger charge is -2.42. The van der Waals surface area contributed by atoms with E-state index in [1.165, 1.54) is 0 Å². The van der Waals surface area contributed by atoms with Crippen molar-refractivity contribution >= 4 is 28.8 Å². The summed E-state index contributed by atoms with van der Waals surface area (Å²) in [6.07, 6.45) is 5.45. The number of halogens is 1. The first-order valence-corrected chi connectivity index (χ1v) is 10.5. The molecule has 0 saturated carbocycles. The molecular weight excluding hydrogens is 368 g/mol. The zero-order chi connectivity index (χ0) is 18.0. The number of rotatable bonds is 3. The van der Waals surface area contributed by atoms with E-state index in [9.17, 15) is 4.79 Å². The van der Waals surface area contributed by atoms with Gasteiger partial charge in [-0.3, -0.25) is 4.79 Å². The van der Waals surface area contributed by atoms with Crippen LogP contribution in [0.15, 0.2) is 35.8 Å². The van der Waals surface area contributed by atoms with Crippen molar-refractivity contribution in [3.05, 3.63) is 51.4 Å². The van der Waals surface area contributed by atoms with E-state index in [1.807, 2.05) is 35.8 Å². The van der Waals surface area contributed by atoms with Crippen molar-refractivity contribution < 1.29 is 9.53 Å². The molecule has 2 fully saturated rings. The van der Waals surface area contributed by atoms with Crippen LogP contribution in [0.3, 0.4) is 0 Å². The van der Waals surface area contributed by atoms with E-state index in [0.717, 1.165) is 49.3 Å². The average molecular weight is 391 g/mol. The van der Waals surface area contributed by atoms with E-state index in [2.05, 4.69) is 9.88 Å². The minimum Gasteiger partial charge on any atom is -0.381 e. The predicted octanol–water partition coefficient (Wildman–Crippen LogP) is 4.25. The lowest BCUT2D eigenvalue weighted by Crippen LogP contribution is -2.52. The molecule has 2 aliphatic heterocycles. The van der Waals surface area contributed by atoms with Crippen molar-refractivity contribution in [2.24, 2.45) is 0 Å². The molecule has 4 nitrogen and oxygen atoms in total. The Morgan fingerprint density at radius 1 is 1.27 bits per heavy atom. The van der Waals surface area contributed by atoms with E-state index in [-0.39, 0.29) is 5.91 Å². The number of amides is 1. The molecule has 4 rings (SSSR count). The number of carbonyl (C=O) groups is 1. The first-order valence-electron chi connectivity index (χ1n) is 9.22. The van der Waals surface area contributed by atoms with Gasteiger partial charge in [0.15, 0.2) is 0 Å². The monoisotopic (exact) mass is 390 g/mol. The molecule has 0 N–H and O–H groups in total. The normalized spacial score (nSPS) is 23.0. The summed E-state index contributed by atoms with van der Waals surface area (Å²) < 4.78 is 5.58. The second kappa shape index (κ2) is 7.67. The molecule has 138 valence electrons. The van der Waals surface area contributed by atoms with Gasteiger partial charge >= 0.3 is 0 Å². The number of thiazole rings is 1. The van der Waals surface area contributed by atoms with Crippen LogP contribution >= 0.6 is 22.9 Å². The average Bonchev–Trinajstić information content (AvgIpc) is 3.23. The highest BCUT2D eigenvalue weighted by atomic mass is 35.5. The number of aromatic nitrogens is 1. The van der Waals surface area contributed by atoms with E-state index in [0.29, 0.717) is 24.2 Å². The van der Waals surface area contributed by atoms with Gasteiger partial charge in [0.05, 0.1) is 10.4 Å². The smallest absolute Gasteiger partial charge is 0.233 e. The minimum atomic E-state index is -0.492. The van der Waals surface area contributed by atoms with Crippen molar-refractivity contribution in [3.63, 3.8) is 0 Å². The maximum absolute atomic E-state index is 13.7. The zero-order valence-electron chi connectivity index (χ0n) is 14.7. The highest BCUT2D eigenvalue weighted by molar-refractivity contribution is 7.09. The summed E-state index contributed by atoms with van der Waals surface area (Å²) in [6, 6.07) is 7.79. The Bertz CT molecular complexity index is 742. The first-order chi connectivity index (χ1) is 12.7. The Morgan fingerprint density at radius 3 is 2.73 bits per heavy atom. The number of likely N-dealkylation sites (tertiary alicyclic amines) is 1. The van der Waals surface area contributed by atoms with Gasteiger partial charge in [-0.25, -0.2) is 4.98 Å². The molecule has 1 aromatic heterocycles. The highest BCUT2D eigenvalue weighted by Gasteiger charge is 2.45. The quantitative estimate of drug-likeness (QED) is 0.786. The van der Waals surface area contributed by atoms with Gasteiger partial charge in [0.25, 0.3) is 0 Å². The second-order valence-corrected chi connectivity index (χ2v) is 8.52. The number of piperidine rings is 1. The molecule has 0 aliphatic carbocycles. The standard InChI is InChI=1S/C20H23ClN2O2S/c21-17-5-3-16(4-6-17)20(7-11-25-12-8-20)19(24)23-10-1-2-15(14-23)18-22-9-13-26-18/h3-6,9,13,15H,1-2,7-8,10-12,14H2. The number of nitrogens with zero attached hydrogens (tertiary/aromatic N) is 2. The lowest BCUT2D eigenvalue weighted by atomic mass is 9.72. The molecule has 1 amide bonds. The fourth-order valence-corrected chi connectivity index (χ4v) is 5.11. The largest absolute Gasteiger partial charge is 0.381 e. The number of carbonyl (C=O) groups excluding carboxylic acids is 1. The Labute approximate surface area is 163 Å². The molecule has 3 heterocycles. The second-order valence-electron chi connectivity index (χ2n) is 7.16. The molecular formula is C20H23ClN2O2S. The molecule has 0 spiro atoms. The van der Waals surface area contributed by atoms with E-state index in [4.69, 9.17) is 16.3 Å². The molecule has 0 radical (unpaired) electrons. The summed E-state index contributed by atoms with van der Waals surface area (Å²) in [5, 5.41) is 3.87. The molecule has 2 aromatic rings. The van der Waals surface area contributed by atoms with Crippen LogP contribution in [0.25, 0.3) is 0 Å². The first kappa shape index (κ1) is 18.0. The molecule has 2 saturated heterocycles. The van der Waals surface area contributed by atoms with Crippen molar-refractivity contribution in [1.29, 1.82) is 0 Å². The lowest BCUT2D eigenvalue weighted by molar-refractivity contribution is -0.142. The van der Waals surface area contributed by atoms with Crippen LogP contribution in [0, 0.1) is 0 Å². The van der Waals surface area contributed by atoms with Crippen molar-refractivity contribution in [3.8, 4) is 0 Å². The zero-order valence-corrected chi connectivity index (χ0v) is 16.3. The maximum atomic E-state index is 13.7. The van der Waals surface area contributed by atoms with Crippen molar-refractivity contribution in [1.82, 2.24) is 9.88 Å². The third-order valence-corrected chi connectivity index (χ3v) is 6.85. The van der Waals surface area contributed by atoms with Gasteiger partial charge < -0.3 is 9.64 Å². The van der Waals surface area contributed by atoms with Crippen LogP contribution in [-0.4, -0.2) is 42.1 Å². The minimum absolute atomic E-state index is 0.240. The summed E-state index contributed by atoms with van der Waals surface area (Å²) in [7, 11) is 0. The molecule has 26 heavy (non-hydrogen) atoms. The third-order valence-electron chi connectivity index (χ3n) is 5.66. The van der Waals surface area contributed by atoms with Gasteiger partial charge in [-0.05, 0) is 43.4 Å². The topological polar surface area (TPSA) is 42.4 Å². The Morgan fingerprint density at radius 2 is 2.04 bits per heavy atom. The molecule has 6 heteroatoms. The van der Waals surface area contributed by atoms with Crippen LogP contribution in [0.4, 0.5) is 0 Å². The number of hydrogen-bond acceptors (Lipinski definition) is 4. The Kier molecular flexibility index (Phi) is 5.30. The van der Waals surface area contributed by atoms with Crippen LogP contribution in [0.2, 0.25) is 5.02 Å².